The monoisotopic (exact) mass is 292 g/mol. The molecule has 2 rings (SSSR count). The lowest BCUT2D eigenvalue weighted by Crippen LogP contribution is -2.14. The molecular weight excluding hydrogens is 282 g/mol. The van der Waals surface area contributed by atoms with Gasteiger partial charge in [0, 0.05) is 11.6 Å². The first-order valence-corrected chi connectivity index (χ1v) is 5.90. The largest absolute Gasteiger partial charge is 0.319 e. The minimum atomic E-state index is -0.919. The number of halogens is 2. The van der Waals surface area contributed by atoms with E-state index in [2.05, 4.69) is 5.32 Å². The van der Waals surface area contributed by atoms with Crippen LogP contribution < -0.4 is 5.32 Å². The summed E-state index contributed by atoms with van der Waals surface area (Å²) in [5, 5.41) is 12.8. The number of carbonyl (C=O) groups is 1. The zero-order valence-corrected chi connectivity index (χ0v) is 10.9. The maximum Gasteiger partial charge on any atom is 0.272 e. The fourth-order valence-electron chi connectivity index (χ4n) is 1.79. The van der Waals surface area contributed by atoms with Gasteiger partial charge >= 0.3 is 0 Å². The van der Waals surface area contributed by atoms with Crippen LogP contribution in [0.2, 0.25) is 0 Å². The fourth-order valence-corrected chi connectivity index (χ4v) is 1.79. The molecule has 2 aromatic rings. The Morgan fingerprint density at radius 2 is 1.90 bits per heavy atom. The van der Waals surface area contributed by atoms with E-state index >= 15 is 0 Å². The topological polar surface area (TPSA) is 72.2 Å². The van der Waals surface area contributed by atoms with E-state index < -0.39 is 28.2 Å². The van der Waals surface area contributed by atoms with E-state index in [9.17, 15) is 23.7 Å². The Morgan fingerprint density at radius 1 is 1.19 bits per heavy atom. The van der Waals surface area contributed by atoms with E-state index in [0.29, 0.717) is 11.6 Å². The predicted molar refractivity (Wildman–Crippen MR) is 72.1 cm³/mol. The Kier molecular flexibility index (Phi) is 3.93. The minimum Gasteiger partial charge on any atom is -0.319 e. The highest BCUT2D eigenvalue weighted by Crippen LogP contribution is 2.21. The van der Waals surface area contributed by atoms with Gasteiger partial charge in [0.1, 0.15) is 5.82 Å². The lowest BCUT2D eigenvalue weighted by atomic mass is 10.1. The smallest absolute Gasteiger partial charge is 0.272 e. The van der Waals surface area contributed by atoms with E-state index in [1.165, 1.54) is 12.1 Å². The second-order valence-electron chi connectivity index (χ2n) is 4.33. The van der Waals surface area contributed by atoms with Crippen molar-refractivity contribution in [3.05, 3.63) is 69.3 Å². The second-order valence-corrected chi connectivity index (χ2v) is 4.33. The summed E-state index contributed by atoms with van der Waals surface area (Å²) < 4.78 is 26.6. The maximum atomic E-state index is 13.7. The number of aryl methyl sites for hydroxylation is 1. The van der Waals surface area contributed by atoms with Crippen LogP contribution in [0.1, 0.15) is 15.9 Å². The van der Waals surface area contributed by atoms with Crippen molar-refractivity contribution in [2.45, 2.75) is 6.92 Å². The molecule has 0 radical (unpaired) electrons. The third-order valence-electron chi connectivity index (χ3n) is 2.84. The number of nitrogens with one attached hydrogen (secondary N) is 1. The third kappa shape index (κ3) is 3.19. The van der Waals surface area contributed by atoms with E-state index in [1.807, 2.05) is 0 Å². The SMILES string of the molecule is Cc1cc(F)ccc1C(=O)Nc1ccc([N+](=O)[O-])cc1F. The number of hydrogen-bond acceptors (Lipinski definition) is 3. The van der Waals surface area contributed by atoms with E-state index in [-0.39, 0.29) is 11.3 Å². The summed E-state index contributed by atoms with van der Waals surface area (Å²) in [6.45, 7) is 1.55. The van der Waals surface area contributed by atoms with Crippen LogP contribution in [-0.2, 0) is 0 Å². The molecule has 7 heteroatoms. The minimum absolute atomic E-state index is 0.186. The van der Waals surface area contributed by atoms with Crippen LogP contribution >= 0.6 is 0 Å². The van der Waals surface area contributed by atoms with E-state index in [0.717, 1.165) is 18.2 Å². The van der Waals surface area contributed by atoms with Crippen molar-refractivity contribution in [3.8, 4) is 0 Å². The van der Waals surface area contributed by atoms with Crippen LogP contribution in [0.15, 0.2) is 36.4 Å². The number of nitro benzene ring substituents is 1. The van der Waals surface area contributed by atoms with Crippen molar-refractivity contribution < 1.29 is 18.5 Å². The van der Waals surface area contributed by atoms with Crippen LogP contribution in [0.3, 0.4) is 0 Å². The molecular formula is C14H10F2N2O3. The molecule has 108 valence electrons. The van der Waals surface area contributed by atoms with Crippen LogP contribution in [0.4, 0.5) is 20.2 Å². The summed E-state index contributed by atoms with van der Waals surface area (Å²) in [5.41, 5.74) is -0.0123. The molecule has 0 aliphatic carbocycles. The lowest BCUT2D eigenvalue weighted by molar-refractivity contribution is -0.385. The predicted octanol–water partition coefficient (Wildman–Crippen LogP) is 3.43. The van der Waals surface area contributed by atoms with Gasteiger partial charge in [0.2, 0.25) is 0 Å². The van der Waals surface area contributed by atoms with Gasteiger partial charge in [-0.15, -0.1) is 0 Å². The Bertz CT molecular complexity index is 732. The number of rotatable bonds is 3. The van der Waals surface area contributed by atoms with Crippen LogP contribution in [0.25, 0.3) is 0 Å². The summed E-state index contributed by atoms with van der Waals surface area (Å²) in [6, 6.07) is 6.48. The van der Waals surface area contributed by atoms with Gasteiger partial charge < -0.3 is 5.32 Å². The van der Waals surface area contributed by atoms with Crippen LogP contribution in [-0.4, -0.2) is 10.8 Å². The van der Waals surface area contributed by atoms with Crippen molar-refractivity contribution >= 4 is 17.3 Å². The van der Waals surface area contributed by atoms with Gasteiger partial charge in [0.15, 0.2) is 5.82 Å². The van der Waals surface area contributed by atoms with Gasteiger partial charge in [-0.1, -0.05) is 0 Å². The second kappa shape index (κ2) is 5.66. The Labute approximate surface area is 118 Å². The van der Waals surface area contributed by atoms with Crippen LogP contribution in [0.5, 0.6) is 0 Å². The summed E-state index contributed by atoms with van der Waals surface area (Å²) in [7, 11) is 0. The highest BCUT2D eigenvalue weighted by atomic mass is 19.1. The van der Waals surface area contributed by atoms with Gasteiger partial charge in [-0.25, -0.2) is 8.78 Å². The summed E-state index contributed by atoms with van der Waals surface area (Å²) in [6.07, 6.45) is 0. The molecule has 1 amide bonds. The molecule has 0 heterocycles. The zero-order chi connectivity index (χ0) is 15.6. The molecule has 2 aromatic carbocycles. The number of anilines is 1. The summed E-state index contributed by atoms with van der Waals surface area (Å²) in [5.74, 6) is -2.02. The number of nitro groups is 1. The molecule has 0 spiro atoms. The fraction of sp³-hybridized carbons (Fsp3) is 0.0714. The highest BCUT2D eigenvalue weighted by Gasteiger charge is 2.15. The average Bonchev–Trinajstić information content (AvgIpc) is 2.40. The molecule has 0 saturated carbocycles. The van der Waals surface area contributed by atoms with Gasteiger partial charge in [0.25, 0.3) is 11.6 Å². The van der Waals surface area contributed by atoms with Crippen molar-refractivity contribution in [3.63, 3.8) is 0 Å². The Hall–Kier alpha value is -2.83. The van der Waals surface area contributed by atoms with Gasteiger partial charge in [-0.2, -0.15) is 0 Å². The number of amides is 1. The molecule has 1 N–H and O–H groups in total. The molecule has 5 nitrogen and oxygen atoms in total. The Morgan fingerprint density at radius 3 is 2.48 bits per heavy atom. The van der Waals surface area contributed by atoms with Crippen molar-refractivity contribution in [1.82, 2.24) is 0 Å². The van der Waals surface area contributed by atoms with Crippen molar-refractivity contribution in [2.24, 2.45) is 0 Å². The third-order valence-corrected chi connectivity index (χ3v) is 2.84. The van der Waals surface area contributed by atoms with Crippen molar-refractivity contribution in [2.75, 3.05) is 5.32 Å². The molecule has 0 unspecified atom stereocenters. The van der Waals surface area contributed by atoms with Gasteiger partial charge in [0.05, 0.1) is 16.7 Å². The standard InChI is InChI=1S/C14H10F2N2O3/c1-8-6-9(15)2-4-11(8)14(19)17-13-5-3-10(18(20)21)7-12(13)16/h2-7H,1H3,(H,17,19). The first-order chi connectivity index (χ1) is 9.88. The normalized spacial score (nSPS) is 10.2. The van der Waals surface area contributed by atoms with Crippen molar-refractivity contribution in [1.29, 1.82) is 0 Å². The lowest BCUT2D eigenvalue weighted by Gasteiger charge is -2.08. The first kappa shape index (κ1) is 14.6. The average molecular weight is 292 g/mol. The number of benzene rings is 2. The zero-order valence-electron chi connectivity index (χ0n) is 10.9. The number of carbonyl (C=O) groups excluding carboxylic acids is 1. The quantitative estimate of drug-likeness (QED) is 0.695. The van der Waals surface area contributed by atoms with Gasteiger partial charge in [-0.05, 0) is 36.8 Å². The molecule has 0 fully saturated rings. The highest BCUT2D eigenvalue weighted by molar-refractivity contribution is 6.05. The number of nitrogens with zero attached hydrogens (tertiary/aromatic N) is 1. The van der Waals surface area contributed by atoms with Crippen LogP contribution in [0, 0.1) is 28.7 Å². The molecule has 0 aliphatic heterocycles. The maximum absolute atomic E-state index is 13.7. The molecule has 0 atom stereocenters. The van der Waals surface area contributed by atoms with E-state index in [4.69, 9.17) is 0 Å². The van der Waals surface area contributed by atoms with Gasteiger partial charge in [-0.3, -0.25) is 14.9 Å². The molecule has 0 bridgehead atoms. The Balaban J connectivity index is 2.25. The number of non-ortho nitro benzene ring substituents is 1. The molecule has 0 aromatic heterocycles. The molecule has 0 aliphatic rings. The van der Waals surface area contributed by atoms with E-state index in [1.54, 1.807) is 6.92 Å². The number of hydrogen-bond donors (Lipinski definition) is 1. The first-order valence-electron chi connectivity index (χ1n) is 5.90. The summed E-state index contributed by atoms with van der Waals surface area (Å²) >= 11 is 0. The summed E-state index contributed by atoms with van der Waals surface area (Å²) in [4.78, 5) is 21.7. The molecule has 21 heavy (non-hydrogen) atoms. The molecule has 0 saturated heterocycles.